The Morgan fingerprint density at radius 3 is 2.31 bits per heavy atom. The zero-order valence-corrected chi connectivity index (χ0v) is 22.4. The largest absolute Gasteiger partial charge is 0.497 e. The molecular formula is C30H36N2O3S. The number of ether oxygens (including phenoxy) is 1. The zero-order valence-electron chi connectivity index (χ0n) is 21.6. The summed E-state index contributed by atoms with van der Waals surface area (Å²) < 4.78 is 5.39. The Morgan fingerprint density at radius 2 is 1.64 bits per heavy atom. The van der Waals surface area contributed by atoms with Crippen LogP contribution in [0, 0.1) is 6.92 Å². The average Bonchev–Trinajstić information content (AvgIpc) is 2.87. The van der Waals surface area contributed by atoms with Crippen LogP contribution in [0.15, 0.2) is 83.8 Å². The second kappa shape index (κ2) is 13.7. The highest BCUT2D eigenvalue weighted by molar-refractivity contribution is 7.99. The van der Waals surface area contributed by atoms with Gasteiger partial charge in [-0.05, 0) is 56.2 Å². The van der Waals surface area contributed by atoms with Crippen molar-refractivity contribution in [2.75, 3.05) is 12.9 Å². The number of aryl methyl sites for hydroxylation is 1. The minimum Gasteiger partial charge on any atom is -0.497 e. The summed E-state index contributed by atoms with van der Waals surface area (Å²) in [6.07, 6.45) is 0.781. The van der Waals surface area contributed by atoms with Gasteiger partial charge in [0.15, 0.2) is 0 Å². The van der Waals surface area contributed by atoms with Crippen molar-refractivity contribution in [1.82, 2.24) is 10.2 Å². The van der Waals surface area contributed by atoms with Crippen LogP contribution in [0.2, 0.25) is 0 Å². The van der Waals surface area contributed by atoms with Gasteiger partial charge in [0.2, 0.25) is 11.8 Å². The smallest absolute Gasteiger partial charge is 0.243 e. The SMILES string of the molecule is COc1cccc(CN(C(=O)CCSc2ccc(C)cc2)[C@@H](Cc2ccccc2)C(=O)NC(C)C)c1. The predicted molar refractivity (Wildman–Crippen MR) is 147 cm³/mol. The number of nitrogens with one attached hydrogen (secondary N) is 1. The second-order valence-corrected chi connectivity index (χ2v) is 10.3. The molecule has 3 aromatic carbocycles. The minimum absolute atomic E-state index is 0.0263. The molecule has 0 bridgehead atoms. The number of methoxy groups -OCH3 is 1. The molecule has 3 aromatic rings. The molecule has 0 radical (unpaired) electrons. The molecule has 0 unspecified atom stereocenters. The first-order valence-corrected chi connectivity index (χ1v) is 13.3. The lowest BCUT2D eigenvalue weighted by Gasteiger charge is -2.32. The van der Waals surface area contributed by atoms with E-state index >= 15 is 0 Å². The molecule has 0 aliphatic carbocycles. The van der Waals surface area contributed by atoms with E-state index in [-0.39, 0.29) is 17.9 Å². The van der Waals surface area contributed by atoms with Crippen LogP contribution in [0.1, 0.15) is 37.0 Å². The van der Waals surface area contributed by atoms with E-state index in [0.717, 1.165) is 21.8 Å². The molecule has 5 nitrogen and oxygen atoms in total. The zero-order chi connectivity index (χ0) is 25.9. The van der Waals surface area contributed by atoms with Gasteiger partial charge in [0.05, 0.1) is 7.11 Å². The minimum atomic E-state index is -0.627. The highest BCUT2D eigenvalue weighted by atomic mass is 32.2. The normalized spacial score (nSPS) is 11.7. The number of nitrogens with zero attached hydrogens (tertiary/aromatic N) is 1. The lowest BCUT2D eigenvalue weighted by atomic mass is 10.0. The van der Waals surface area contributed by atoms with Gasteiger partial charge in [0, 0.05) is 36.1 Å². The predicted octanol–water partition coefficient (Wildman–Crippen LogP) is 5.65. The van der Waals surface area contributed by atoms with Crippen LogP contribution in [0.3, 0.4) is 0 Å². The summed E-state index contributed by atoms with van der Waals surface area (Å²) >= 11 is 1.65. The third-order valence-corrected chi connectivity index (χ3v) is 6.81. The lowest BCUT2D eigenvalue weighted by Crippen LogP contribution is -2.51. The molecule has 0 heterocycles. The Hall–Kier alpha value is -3.25. The molecule has 0 aliphatic rings. The van der Waals surface area contributed by atoms with Gasteiger partial charge in [-0.1, -0.05) is 60.2 Å². The fraction of sp³-hybridized carbons (Fsp3) is 0.333. The van der Waals surface area contributed by atoms with Gasteiger partial charge in [-0.25, -0.2) is 0 Å². The molecule has 0 spiro atoms. The molecule has 0 aromatic heterocycles. The van der Waals surface area contributed by atoms with Crippen LogP contribution in [0.25, 0.3) is 0 Å². The number of carbonyl (C=O) groups excluding carboxylic acids is 2. The molecule has 190 valence electrons. The standard InChI is InChI=1S/C30H36N2O3S/c1-22(2)31-30(34)28(20-24-9-6-5-7-10-24)32(21-25-11-8-12-26(19-25)35-4)29(33)17-18-36-27-15-13-23(3)14-16-27/h5-16,19,22,28H,17-18,20-21H2,1-4H3,(H,31,34)/t28-/m0/s1. The number of hydrogen-bond acceptors (Lipinski definition) is 4. The number of benzene rings is 3. The number of carbonyl (C=O) groups is 2. The summed E-state index contributed by atoms with van der Waals surface area (Å²) in [6, 6.07) is 25.2. The van der Waals surface area contributed by atoms with E-state index in [0.29, 0.717) is 25.1 Å². The maximum absolute atomic E-state index is 13.7. The molecule has 0 saturated carbocycles. The van der Waals surface area contributed by atoms with Crippen LogP contribution in [-0.2, 0) is 22.6 Å². The summed E-state index contributed by atoms with van der Waals surface area (Å²) in [4.78, 5) is 29.9. The van der Waals surface area contributed by atoms with Crippen LogP contribution < -0.4 is 10.1 Å². The first-order chi connectivity index (χ1) is 17.4. The Kier molecular flexibility index (Phi) is 10.4. The maximum Gasteiger partial charge on any atom is 0.243 e. The van der Waals surface area contributed by atoms with Gasteiger partial charge in [-0.15, -0.1) is 11.8 Å². The summed E-state index contributed by atoms with van der Waals surface area (Å²) in [5, 5.41) is 3.03. The van der Waals surface area contributed by atoms with Crippen molar-refractivity contribution >= 4 is 23.6 Å². The summed E-state index contributed by atoms with van der Waals surface area (Å²) in [6.45, 7) is 6.26. The van der Waals surface area contributed by atoms with Crippen molar-refractivity contribution in [2.24, 2.45) is 0 Å². The fourth-order valence-corrected chi connectivity index (χ4v) is 4.78. The highest BCUT2D eigenvalue weighted by Gasteiger charge is 2.30. The van der Waals surface area contributed by atoms with Gasteiger partial charge in [0.1, 0.15) is 11.8 Å². The average molecular weight is 505 g/mol. The van der Waals surface area contributed by atoms with E-state index in [4.69, 9.17) is 4.74 Å². The van der Waals surface area contributed by atoms with Gasteiger partial charge >= 0.3 is 0 Å². The molecule has 6 heteroatoms. The first kappa shape index (κ1) is 27.3. The van der Waals surface area contributed by atoms with Crippen molar-refractivity contribution < 1.29 is 14.3 Å². The van der Waals surface area contributed by atoms with Crippen molar-refractivity contribution in [3.63, 3.8) is 0 Å². The van der Waals surface area contributed by atoms with Gasteiger partial charge < -0.3 is 15.0 Å². The second-order valence-electron chi connectivity index (χ2n) is 9.15. The maximum atomic E-state index is 13.7. The van der Waals surface area contributed by atoms with Crippen molar-refractivity contribution in [3.05, 3.63) is 95.6 Å². The molecular weight excluding hydrogens is 468 g/mol. The molecule has 3 rings (SSSR count). The molecule has 2 amide bonds. The third-order valence-electron chi connectivity index (χ3n) is 5.79. The number of rotatable bonds is 12. The van der Waals surface area contributed by atoms with Gasteiger partial charge in [-0.3, -0.25) is 9.59 Å². The van der Waals surface area contributed by atoms with Crippen LogP contribution in [0.4, 0.5) is 0 Å². The third kappa shape index (κ3) is 8.45. The summed E-state index contributed by atoms with van der Waals surface area (Å²) in [5.41, 5.74) is 3.14. The lowest BCUT2D eigenvalue weighted by molar-refractivity contribution is -0.141. The number of amides is 2. The van der Waals surface area contributed by atoms with Crippen LogP contribution >= 0.6 is 11.8 Å². The molecule has 36 heavy (non-hydrogen) atoms. The van der Waals surface area contributed by atoms with E-state index in [9.17, 15) is 9.59 Å². The monoisotopic (exact) mass is 504 g/mol. The van der Waals surface area contributed by atoms with E-state index < -0.39 is 6.04 Å². The van der Waals surface area contributed by atoms with Crippen molar-refractivity contribution in [1.29, 1.82) is 0 Å². The first-order valence-electron chi connectivity index (χ1n) is 12.3. The Morgan fingerprint density at radius 1 is 0.944 bits per heavy atom. The quantitative estimate of drug-likeness (QED) is 0.324. The van der Waals surface area contributed by atoms with Gasteiger partial charge in [-0.2, -0.15) is 0 Å². The topological polar surface area (TPSA) is 58.6 Å². The van der Waals surface area contributed by atoms with Gasteiger partial charge in [0.25, 0.3) is 0 Å². The Bertz CT molecular complexity index is 1120. The van der Waals surface area contributed by atoms with Crippen LogP contribution in [0.5, 0.6) is 5.75 Å². The highest BCUT2D eigenvalue weighted by Crippen LogP contribution is 2.22. The molecule has 0 fully saturated rings. The number of hydrogen-bond donors (Lipinski definition) is 1. The summed E-state index contributed by atoms with van der Waals surface area (Å²) in [7, 11) is 1.62. The van der Waals surface area contributed by atoms with Crippen molar-refractivity contribution in [2.45, 2.75) is 57.1 Å². The number of thioether (sulfide) groups is 1. The Labute approximate surface area is 219 Å². The van der Waals surface area contributed by atoms with Crippen molar-refractivity contribution in [3.8, 4) is 5.75 Å². The van der Waals surface area contributed by atoms with Crippen LogP contribution in [-0.4, -0.2) is 41.7 Å². The molecule has 1 atom stereocenters. The summed E-state index contributed by atoms with van der Waals surface area (Å²) in [5.74, 6) is 1.18. The molecule has 0 aliphatic heterocycles. The molecule has 1 N–H and O–H groups in total. The van der Waals surface area contributed by atoms with E-state index in [2.05, 4.69) is 36.5 Å². The van der Waals surface area contributed by atoms with E-state index in [1.54, 1.807) is 23.8 Å². The van der Waals surface area contributed by atoms with E-state index in [1.807, 2.05) is 68.4 Å². The Balaban J connectivity index is 1.85. The fourth-order valence-electron chi connectivity index (χ4n) is 3.94. The molecule has 0 saturated heterocycles. The van der Waals surface area contributed by atoms with E-state index in [1.165, 1.54) is 5.56 Å².